The van der Waals surface area contributed by atoms with Gasteiger partial charge in [0.05, 0.1) is 5.56 Å². The highest BCUT2D eigenvalue weighted by atomic mass is 79.9. The largest absolute Gasteiger partial charge is 0.416 e. The maximum Gasteiger partial charge on any atom is 0.416 e. The fraction of sp³-hybridized carbons (Fsp3) is 0.0909. The van der Waals surface area contributed by atoms with Crippen molar-refractivity contribution in [1.29, 1.82) is 0 Å². The van der Waals surface area contributed by atoms with Crippen LogP contribution in [0, 0.1) is 5.82 Å². The molecule has 1 heterocycles. The van der Waals surface area contributed by atoms with Gasteiger partial charge in [-0.15, -0.1) is 12.6 Å². The van der Waals surface area contributed by atoms with Crippen LogP contribution in [0.15, 0.2) is 53.0 Å². The minimum absolute atomic E-state index is 0.0385. The quantitative estimate of drug-likeness (QED) is 0.225. The van der Waals surface area contributed by atoms with E-state index < -0.39 is 39.8 Å². The van der Waals surface area contributed by atoms with Crippen molar-refractivity contribution in [2.45, 2.75) is 11.0 Å². The summed E-state index contributed by atoms with van der Waals surface area (Å²) in [4.78, 5) is 24.1. The number of hydrogen-bond donors (Lipinski definition) is 3. The van der Waals surface area contributed by atoms with Crippen LogP contribution in [0.4, 0.5) is 23.2 Å². The molecule has 3 aromatic rings. The number of alkyl halides is 3. The highest BCUT2D eigenvalue weighted by molar-refractivity contribution is 9.10. The summed E-state index contributed by atoms with van der Waals surface area (Å²) < 4.78 is 53.5. The highest BCUT2D eigenvalue weighted by Gasteiger charge is 2.45. The smallest absolute Gasteiger partial charge is 0.330 e. The minimum atomic E-state index is -4.85. The zero-order valence-corrected chi connectivity index (χ0v) is 20.5. The first-order valence-electron chi connectivity index (χ1n) is 9.33. The van der Waals surface area contributed by atoms with Crippen molar-refractivity contribution >= 4 is 69.3 Å². The zero-order chi connectivity index (χ0) is 25.0. The van der Waals surface area contributed by atoms with Crippen LogP contribution in [-0.4, -0.2) is 11.8 Å². The van der Waals surface area contributed by atoms with Gasteiger partial charge in [0.2, 0.25) is 0 Å². The standard InChI is InChI=1S/C22H11BrCl2F4N2O2S/c23-11-6-14-18(21(34,31-20(14)33)15-8-12(24)1-2-16(15)25)17(7-11)30-19(32)9-3-10(22(27,28)29)5-13(26)4-9/h1-8,34H,(H,30,32)(H,31,33)/t21-/m0/s1. The van der Waals surface area contributed by atoms with Crippen LogP contribution in [0.2, 0.25) is 10.0 Å². The predicted molar refractivity (Wildman–Crippen MR) is 127 cm³/mol. The lowest BCUT2D eigenvalue weighted by molar-refractivity contribution is -0.137. The average molecular weight is 594 g/mol. The number of fused-ring (bicyclic) bond motifs is 1. The van der Waals surface area contributed by atoms with Gasteiger partial charge in [-0.1, -0.05) is 39.1 Å². The van der Waals surface area contributed by atoms with E-state index in [1.807, 2.05) is 0 Å². The fourth-order valence-electron chi connectivity index (χ4n) is 3.62. The lowest BCUT2D eigenvalue weighted by Gasteiger charge is -2.28. The third-order valence-corrected chi connectivity index (χ3v) is 6.66. The molecule has 1 aliphatic heterocycles. The molecule has 4 rings (SSSR count). The maximum atomic E-state index is 13.8. The molecule has 4 nitrogen and oxygen atoms in total. The van der Waals surface area contributed by atoms with E-state index in [1.54, 1.807) is 0 Å². The molecule has 0 radical (unpaired) electrons. The fourth-order valence-corrected chi connectivity index (χ4v) is 5.11. The molecule has 176 valence electrons. The third-order valence-electron chi connectivity index (χ3n) is 5.06. The number of carbonyl (C=O) groups is 2. The monoisotopic (exact) mass is 592 g/mol. The molecule has 3 aromatic carbocycles. The number of rotatable bonds is 3. The van der Waals surface area contributed by atoms with Crippen LogP contribution in [-0.2, 0) is 11.0 Å². The maximum absolute atomic E-state index is 13.8. The van der Waals surface area contributed by atoms with Crippen molar-refractivity contribution in [2.24, 2.45) is 0 Å². The topological polar surface area (TPSA) is 58.2 Å². The van der Waals surface area contributed by atoms with E-state index in [2.05, 4.69) is 39.2 Å². The molecule has 0 spiro atoms. The molecule has 2 N–H and O–H groups in total. The van der Waals surface area contributed by atoms with E-state index in [0.29, 0.717) is 27.2 Å². The Kier molecular flexibility index (Phi) is 6.39. The molecule has 0 saturated heterocycles. The summed E-state index contributed by atoms with van der Waals surface area (Å²) in [5.41, 5.74) is -1.22. The van der Waals surface area contributed by atoms with E-state index in [-0.39, 0.29) is 27.9 Å². The molecule has 0 unspecified atom stereocenters. The number of hydrogen-bond acceptors (Lipinski definition) is 3. The van der Waals surface area contributed by atoms with Crippen molar-refractivity contribution in [3.05, 3.63) is 96.7 Å². The number of halogens is 7. The second-order valence-electron chi connectivity index (χ2n) is 7.35. The van der Waals surface area contributed by atoms with Crippen LogP contribution >= 0.6 is 51.8 Å². The van der Waals surface area contributed by atoms with Crippen LogP contribution in [0.25, 0.3) is 0 Å². The first kappa shape index (κ1) is 24.8. The van der Waals surface area contributed by atoms with Crippen LogP contribution in [0.3, 0.4) is 0 Å². The molecule has 0 aromatic heterocycles. The second kappa shape index (κ2) is 8.75. The second-order valence-corrected chi connectivity index (χ2v) is 9.78. The number of anilines is 1. The number of carbonyl (C=O) groups excluding carboxylic acids is 2. The summed E-state index contributed by atoms with van der Waals surface area (Å²) in [6, 6.07) is 8.94. The Morgan fingerprint density at radius 3 is 2.47 bits per heavy atom. The zero-order valence-electron chi connectivity index (χ0n) is 16.5. The Labute approximate surface area is 214 Å². The van der Waals surface area contributed by atoms with Crippen molar-refractivity contribution in [2.75, 3.05) is 5.32 Å². The van der Waals surface area contributed by atoms with E-state index >= 15 is 0 Å². The summed E-state index contributed by atoms with van der Waals surface area (Å²) in [5, 5.41) is 5.68. The van der Waals surface area contributed by atoms with Crippen LogP contribution in [0.5, 0.6) is 0 Å². The van der Waals surface area contributed by atoms with Crippen molar-refractivity contribution in [3.8, 4) is 0 Å². The summed E-state index contributed by atoms with van der Waals surface area (Å²) in [5.74, 6) is -2.80. The molecule has 1 atom stereocenters. The van der Waals surface area contributed by atoms with Gasteiger partial charge in [0.1, 0.15) is 10.7 Å². The first-order valence-corrected chi connectivity index (χ1v) is 11.3. The molecular weight excluding hydrogens is 583 g/mol. The van der Waals surface area contributed by atoms with Gasteiger partial charge in [-0.2, -0.15) is 13.2 Å². The van der Waals surface area contributed by atoms with Gasteiger partial charge in [0.15, 0.2) is 0 Å². The summed E-state index contributed by atoms with van der Waals surface area (Å²) in [7, 11) is 0. The lowest BCUT2D eigenvalue weighted by atomic mass is 9.95. The molecule has 0 aliphatic carbocycles. The van der Waals surface area contributed by atoms with E-state index in [9.17, 15) is 27.2 Å². The molecule has 12 heteroatoms. The Morgan fingerprint density at radius 2 is 1.79 bits per heavy atom. The SMILES string of the molecule is O=C(Nc1cc(Br)cc2c1[C@@](S)(c1cc(Cl)ccc1Cl)NC2=O)c1cc(F)cc(C(F)(F)F)c1. The summed E-state index contributed by atoms with van der Waals surface area (Å²) in [6.45, 7) is 0. The number of amides is 2. The van der Waals surface area contributed by atoms with Gasteiger partial charge in [0.25, 0.3) is 11.8 Å². The summed E-state index contributed by atoms with van der Waals surface area (Å²) >= 11 is 20.4. The lowest BCUT2D eigenvalue weighted by Crippen LogP contribution is -2.36. The molecule has 0 fully saturated rings. The van der Waals surface area contributed by atoms with E-state index in [1.165, 1.54) is 30.3 Å². The van der Waals surface area contributed by atoms with Crippen molar-refractivity contribution in [1.82, 2.24) is 5.32 Å². The predicted octanol–water partition coefficient (Wildman–Crippen LogP) is 7.04. The highest BCUT2D eigenvalue weighted by Crippen LogP contribution is 2.48. The van der Waals surface area contributed by atoms with E-state index in [0.717, 1.165) is 0 Å². The average Bonchev–Trinajstić information content (AvgIpc) is 2.99. The molecule has 34 heavy (non-hydrogen) atoms. The van der Waals surface area contributed by atoms with Gasteiger partial charge in [-0.25, -0.2) is 4.39 Å². The number of thiol groups is 1. The molecule has 0 saturated carbocycles. The Hall–Kier alpha value is -2.27. The molecule has 1 aliphatic rings. The number of nitrogens with one attached hydrogen (secondary N) is 2. The molecule has 0 bridgehead atoms. The van der Waals surface area contributed by atoms with E-state index in [4.69, 9.17) is 23.2 Å². The molecular formula is C22H11BrCl2F4N2O2S. The van der Waals surface area contributed by atoms with Gasteiger partial charge in [-0.3, -0.25) is 9.59 Å². The van der Waals surface area contributed by atoms with Crippen LogP contribution < -0.4 is 10.6 Å². The molecule has 2 amide bonds. The Bertz CT molecular complexity index is 1370. The van der Waals surface area contributed by atoms with Gasteiger partial charge < -0.3 is 10.6 Å². The summed E-state index contributed by atoms with van der Waals surface area (Å²) in [6.07, 6.45) is -4.85. The van der Waals surface area contributed by atoms with Crippen LogP contribution in [0.1, 0.15) is 37.4 Å². The Balaban J connectivity index is 1.84. The van der Waals surface area contributed by atoms with Crippen molar-refractivity contribution < 1.29 is 27.2 Å². The van der Waals surface area contributed by atoms with Crippen molar-refractivity contribution in [3.63, 3.8) is 0 Å². The normalized spacial score (nSPS) is 17.4. The third kappa shape index (κ3) is 4.51. The van der Waals surface area contributed by atoms with Gasteiger partial charge in [-0.05, 0) is 48.5 Å². The number of benzene rings is 3. The van der Waals surface area contributed by atoms with Gasteiger partial charge >= 0.3 is 6.18 Å². The Morgan fingerprint density at radius 1 is 1.09 bits per heavy atom. The van der Waals surface area contributed by atoms with Gasteiger partial charge in [0, 0.05) is 42.5 Å². The minimum Gasteiger partial charge on any atom is -0.330 e. The first-order chi connectivity index (χ1) is 15.8.